The van der Waals surface area contributed by atoms with Gasteiger partial charge in [0.15, 0.2) is 5.69 Å². The van der Waals surface area contributed by atoms with Crippen molar-refractivity contribution in [1.82, 2.24) is 19.7 Å². The summed E-state index contributed by atoms with van der Waals surface area (Å²) in [5.41, 5.74) is 1.09. The van der Waals surface area contributed by atoms with Crippen molar-refractivity contribution in [3.63, 3.8) is 0 Å². The summed E-state index contributed by atoms with van der Waals surface area (Å²) in [5.74, 6) is -0.108. The van der Waals surface area contributed by atoms with Crippen molar-refractivity contribution in [3.05, 3.63) is 59.8 Å². The molecule has 1 spiro atoms. The molecule has 39 heavy (non-hydrogen) atoms. The Balaban J connectivity index is 1.32. The van der Waals surface area contributed by atoms with Crippen molar-refractivity contribution in [3.8, 4) is 0 Å². The highest BCUT2D eigenvalue weighted by molar-refractivity contribution is 5.95. The lowest BCUT2D eigenvalue weighted by atomic mass is 9.68. The van der Waals surface area contributed by atoms with Crippen LogP contribution in [0, 0.1) is 5.92 Å². The number of benzene rings is 1. The number of nitrogens with zero attached hydrogens (tertiary/aromatic N) is 4. The Labute approximate surface area is 230 Å². The number of anilines is 1. The number of hydrogen-bond acceptors (Lipinski definition) is 6. The summed E-state index contributed by atoms with van der Waals surface area (Å²) in [5, 5.41) is 2.75. The van der Waals surface area contributed by atoms with E-state index in [9.17, 15) is 14.4 Å². The highest BCUT2D eigenvalue weighted by Crippen LogP contribution is 2.49. The van der Waals surface area contributed by atoms with Crippen LogP contribution in [0.4, 0.5) is 10.6 Å². The maximum absolute atomic E-state index is 13.8. The van der Waals surface area contributed by atoms with Crippen LogP contribution in [0.1, 0.15) is 61.0 Å². The molecule has 1 aromatic carbocycles. The average molecular weight is 534 g/mol. The Morgan fingerprint density at radius 3 is 2.38 bits per heavy atom. The van der Waals surface area contributed by atoms with Crippen molar-refractivity contribution in [1.29, 1.82) is 0 Å². The van der Waals surface area contributed by atoms with Crippen molar-refractivity contribution in [2.75, 3.05) is 46.2 Å². The van der Waals surface area contributed by atoms with E-state index in [1.165, 1.54) is 25.2 Å². The second kappa shape index (κ2) is 11.0. The van der Waals surface area contributed by atoms with Crippen LogP contribution in [0.25, 0.3) is 0 Å². The number of pyridine rings is 1. The van der Waals surface area contributed by atoms with Gasteiger partial charge in [-0.2, -0.15) is 0 Å². The van der Waals surface area contributed by atoms with Gasteiger partial charge in [-0.1, -0.05) is 42.8 Å². The fraction of sp³-hybridized carbons (Fsp3) is 0.533. The zero-order valence-electron chi connectivity index (χ0n) is 23.2. The first kappa shape index (κ1) is 27.1. The molecule has 1 aliphatic heterocycles. The highest BCUT2D eigenvalue weighted by Gasteiger charge is 2.55. The number of rotatable bonds is 8. The second-order valence-electron chi connectivity index (χ2n) is 11.5. The van der Waals surface area contributed by atoms with Gasteiger partial charge in [0.2, 0.25) is 5.91 Å². The maximum atomic E-state index is 13.8. The van der Waals surface area contributed by atoms with Gasteiger partial charge >= 0.3 is 12.0 Å². The van der Waals surface area contributed by atoms with Gasteiger partial charge in [0.05, 0.1) is 12.6 Å². The summed E-state index contributed by atoms with van der Waals surface area (Å²) >= 11 is 0. The standard InChI is InChI=1S/C30H39N5O4/c1-33(2)30(23-11-5-4-6-12-23)17-15-29(16-18-30)21-34(28(38)35(29)19-22-9-7-10-22)20-26(36)32-25-14-8-13-24(31-25)27(37)39-3/h4-6,8,11-14,22H,7,9-10,15-21H2,1-3H3,(H,31,32,36)/t29-,30+. The van der Waals surface area contributed by atoms with Gasteiger partial charge in [0.25, 0.3) is 0 Å². The van der Waals surface area contributed by atoms with Crippen molar-refractivity contribution < 1.29 is 19.1 Å². The molecule has 2 saturated carbocycles. The lowest BCUT2D eigenvalue weighted by Crippen LogP contribution is -2.56. The van der Waals surface area contributed by atoms with E-state index in [0.29, 0.717) is 12.5 Å². The summed E-state index contributed by atoms with van der Waals surface area (Å²) in [7, 11) is 5.58. The summed E-state index contributed by atoms with van der Waals surface area (Å²) in [4.78, 5) is 48.9. The molecule has 1 aromatic heterocycles. The van der Waals surface area contributed by atoms with E-state index in [4.69, 9.17) is 4.74 Å². The SMILES string of the molecule is COC(=O)c1cccc(NC(=O)CN2C[C@]3(CC[C@](c4ccccc4)(N(C)C)CC3)N(CC3CCC3)C2=O)n1. The summed E-state index contributed by atoms with van der Waals surface area (Å²) < 4.78 is 4.72. The molecule has 2 aromatic rings. The molecule has 0 unspecified atom stereocenters. The highest BCUT2D eigenvalue weighted by atomic mass is 16.5. The molecule has 9 heteroatoms. The molecule has 3 aliphatic rings. The van der Waals surface area contributed by atoms with Crippen LogP contribution in [0.15, 0.2) is 48.5 Å². The Morgan fingerprint density at radius 2 is 1.77 bits per heavy atom. The Bertz CT molecular complexity index is 1200. The minimum Gasteiger partial charge on any atom is -0.464 e. The molecule has 1 saturated heterocycles. The monoisotopic (exact) mass is 533 g/mol. The number of methoxy groups -OCH3 is 1. The fourth-order valence-electron chi connectivity index (χ4n) is 6.59. The lowest BCUT2D eigenvalue weighted by Gasteiger charge is -2.51. The van der Waals surface area contributed by atoms with Gasteiger partial charge in [-0.15, -0.1) is 0 Å². The number of amides is 3. The topological polar surface area (TPSA) is 95.1 Å². The van der Waals surface area contributed by atoms with Crippen LogP contribution in [-0.4, -0.2) is 84.0 Å². The van der Waals surface area contributed by atoms with Crippen molar-refractivity contribution in [2.24, 2.45) is 5.92 Å². The largest absolute Gasteiger partial charge is 0.464 e. The molecule has 0 atom stereocenters. The van der Waals surface area contributed by atoms with Gasteiger partial charge in [-0.25, -0.2) is 14.6 Å². The van der Waals surface area contributed by atoms with Crippen LogP contribution >= 0.6 is 0 Å². The minimum atomic E-state index is -0.573. The number of carbonyl (C=O) groups excluding carboxylic acids is 3. The molecule has 0 radical (unpaired) electrons. The number of urea groups is 1. The van der Waals surface area contributed by atoms with E-state index in [0.717, 1.165) is 45.1 Å². The third-order valence-corrected chi connectivity index (χ3v) is 9.15. The minimum absolute atomic E-state index is 0.0506. The maximum Gasteiger partial charge on any atom is 0.356 e. The summed E-state index contributed by atoms with van der Waals surface area (Å²) in [6, 6.07) is 15.4. The lowest BCUT2D eigenvalue weighted by molar-refractivity contribution is -0.116. The molecule has 9 nitrogen and oxygen atoms in total. The predicted molar refractivity (Wildman–Crippen MR) is 148 cm³/mol. The first-order valence-electron chi connectivity index (χ1n) is 13.9. The van der Waals surface area contributed by atoms with Gasteiger partial charge in [-0.05, 0) is 76.2 Å². The number of esters is 1. The number of hydrogen-bond donors (Lipinski definition) is 1. The van der Waals surface area contributed by atoms with E-state index in [2.05, 4.69) is 64.5 Å². The normalized spacial score (nSPS) is 25.2. The fourth-order valence-corrected chi connectivity index (χ4v) is 6.59. The van der Waals surface area contributed by atoms with Crippen molar-refractivity contribution in [2.45, 2.75) is 56.0 Å². The number of nitrogens with one attached hydrogen (secondary N) is 1. The molecule has 208 valence electrons. The molecule has 2 heterocycles. The van der Waals surface area contributed by atoms with Gasteiger partial charge in [-0.3, -0.25) is 9.69 Å². The Hall–Kier alpha value is -3.46. The Morgan fingerprint density at radius 1 is 1.05 bits per heavy atom. The van der Waals surface area contributed by atoms with Crippen LogP contribution in [-0.2, 0) is 15.1 Å². The predicted octanol–water partition coefficient (Wildman–Crippen LogP) is 4.11. The van der Waals surface area contributed by atoms with Crippen molar-refractivity contribution >= 4 is 23.7 Å². The molecular weight excluding hydrogens is 494 g/mol. The van der Waals surface area contributed by atoms with E-state index in [1.807, 2.05) is 0 Å². The zero-order valence-corrected chi connectivity index (χ0v) is 23.2. The molecule has 0 bridgehead atoms. The van der Waals surface area contributed by atoms with Gasteiger partial charge in [0, 0.05) is 18.6 Å². The molecule has 1 N–H and O–H groups in total. The van der Waals surface area contributed by atoms with Crippen LogP contribution < -0.4 is 5.32 Å². The zero-order chi connectivity index (χ0) is 27.6. The smallest absolute Gasteiger partial charge is 0.356 e. The average Bonchev–Trinajstić information content (AvgIpc) is 3.16. The van der Waals surface area contributed by atoms with Crippen LogP contribution in [0.3, 0.4) is 0 Å². The molecule has 2 aliphatic carbocycles. The quantitative estimate of drug-likeness (QED) is 0.513. The first-order chi connectivity index (χ1) is 18.8. The third-order valence-electron chi connectivity index (χ3n) is 9.15. The summed E-state index contributed by atoms with van der Waals surface area (Å²) in [6.07, 6.45) is 7.22. The molecular formula is C30H39N5O4. The molecule has 5 rings (SSSR count). The summed E-state index contributed by atoms with van der Waals surface area (Å²) in [6.45, 7) is 1.25. The van der Waals surface area contributed by atoms with E-state index in [1.54, 1.807) is 17.0 Å². The van der Waals surface area contributed by atoms with Gasteiger partial charge < -0.3 is 19.9 Å². The third kappa shape index (κ3) is 5.24. The molecule has 3 amide bonds. The number of ether oxygens (including phenoxy) is 1. The van der Waals surface area contributed by atoms with Gasteiger partial charge in [0.1, 0.15) is 12.4 Å². The van der Waals surface area contributed by atoms with E-state index in [-0.39, 0.29) is 41.1 Å². The number of aromatic nitrogens is 1. The van der Waals surface area contributed by atoms with E-state index < -0.39 is 5.97 Å². The Kier molecular flexibility index (Phi) is 7.62. The first-order valence-corrected chi connectivity index (χ1v) is 13.9. The van der Waals surface area contributed by atoms with Crippen LogP contribution in [0.2, 0.25) is 0 Å². The van der Waals surface area contributed by atoms with Crippen LogP contribution in [0.5, 0.6) is 0 Å². The van der Waals surface area contributed by atoms with E-state index >= 15 is 0 Å². The number of carbonyl (C=O) groups is 3. The second-order valence-corrected chi connectivity index (χ2v) is 11.5. The molecule has 3 fully saturated rings.